The number of rotatable bonds is 9. The number of guanidine groups is 1. The van der Waals surface area contributed by atoms with E-state index in [0.717, 1.165) is 50.9 Å². The summed E-state index contributed by atoms with van der Waals surface area (Å²) in [6, 6.07) is 16.2. The third-order valence-electron chi connectivity index (χ3n) is 5.38. The van der Waals surface area contributed by atoms with Crippen molar-refractivity contribution in [3.8, 4) is 0 Å². The number of ether oxygens (including phenoxy) is 1. The lowest BCUT2D eigenvalue weighted by atomic mass is 10.1. The van der Waals surface area contributed by atoms with Crippen LogP contribution in [0.4, 0.5) is 0 Å². The molecule has 0 aromatic heterocycles. The minimum absolute atomic E-state index is 0.0479. The lowest BCUT2D eigenvalue weighted by molar-refractivity contribution is 0.0341. The van der Waals surface area contributed by atoms with Crippen molar-refractivity contribution in [2.75, 3.05) is 39.4 Å². The molecule has 1 fully saturated rings. The first-order valence-corrected chi connectivity index (χ1v) is 11.5. The van der Waals surface area contributed by atoms with Crippen molar-refractivity contribution in [1.29, 1.82) is 0 Å². The standard InChI is InChI=1S/C25H35N5O2/c1-3-26-24(31)21-11-9-20(10-12-21)17-28-25(27-4-2)29-18-22-7-5-6-8-23(22)19-30-13-15-32-16-14-30/h5-12H,3-4,13-19H2,1-2H3,(H,26,31)(H2,27,28,29). The Morgan fingerprint density at radius 2 is 1.62 bits per heavy atom. The summed E-state index contributed by atoms with van der Waals surface area (Å²) in [6.07, 6.45) is 0. The van der Waals surface area contributed by atoms with Crippen LogP contribution in [0.2, 0.25) is 0 Å². The Bertz CT molecular complexity index is 876. The minimum Gasteiger partial charge on any atom is -0.379 e. The van der Waals surface area contributed by atoms with Gasteiger partial charge in [-0.05, 0) is 42.7 Å². The van der Waals surface area contributed by atoms with E-state index in [-0.39, 0.29) is 5.91 Å². The normalized spacial score (nSPS) is 14.8. The Kier molecular flexibility index (Phi) is 9.53. The molecule has 0 bridgehead atoms. The highest BCUT2D eigenvalue weighted by atomic mass is 16.5. The van der Waals surface area contributed by atoms with Crippen molar-refractivity contribution in [2.24, 2.45) is 4.99 Å². The van der Waals surface area contributed by atoms with Crippen LogP contribution in [0.5, 0.6) is 0 Å². The topological polar surface area (TPSA) is 78.0 Å². The lowest BCUT2D eigenvalue weighted by Crippen LogP contribution is -2.38. The Hall–Kier alpha value is -2.90. The second kappa shape index (κ2) is 12.8. The van der Waals surface area contributed by atoms with Crippen LogP contribution in [-0.4, -0.2) is 56.2 Å². The number of amides is 1. The van der Waals surface area contributed by atoms with Crippen molar-refractivity contribution in [3.63, 3.8) is 0 Å². The molecule has 3 rings (SSSR count). The number of hydrogen-bond acceptors (Lipinski definition) is 4. The van der Waals surface area contributed by atoms with Gasteiger partial charge in [-0.1, -0.05) is 36.4 Å². The molecule has 2 aromatic rings. The van der Waals surface area contributed by atoms with Crippen molar-refractivity contribution in [1.82, 2.24) is 20.9 Å². The van der Waals surface area contributed by atoms with Gasteiger partial charge in [-0.3, -0.25) is 9.69 Å². The highest BCUT2D eigenvalue weighted by molar-refractivity contribution is 5.94. The van der Waals surface area contributed by atoms with E-state index in [9.17, 15) is 4.79 Å². The summed E-state index contributed by atoms with van der Waals surface area (Å²) in [4.78, 5) is 19.1. The monoisotopic (exact) mass is 437 g/mol. The van der Waals surface area contributed by atoms with Crippen molar-refractivity contribution in [3.05, 3.63) is 70.8 Å². The molecule has 1 heterocycles. The van der Waals surface area contributed by atoms with Crippen molar-refractivity contribution >= 4 is 11.9 Å². The summed E-state index contributed by atoms with van der Waals surface area (Å²) in [6.45, 7) is 11.1. The predicted molar refractivity (Wildman–Crippen MR) is 129 cm³/mol. The number of carbonyl (C=O) groups excluding carboxylic acids is 1. The van der Waals surface area contributed by atoms with Crippen LogP contribution in [0.15, 0.2) is 53.5 Å². The number of aliphatic imine (C=N–C) groups is 1. The molecule has 0 saturated carbocycles. The van der Waals surface area contributed by atoms with Crippen LogP contribution in [-0.2, 0) is 24.4 Å². The zero-order valence-corrected chi connectivity index (χ0v) is 19.2. The lowest BCUT2D eigenvalue weighted by Gasteiger charge is -2.27. The van der Waals surface area contributed by atoms with E-state index in [0.29, 0.717) is 25.2 Å². The molecule has 7 heteroatoms. The number of hydrogen-bond donors (Lipinski definition) is 3. The molecule has 1 aliphatic heterocycles. The number of benzene rings is 2. The maximum Gasteiger partial charge on any atom is 0.251 e. The average Bonchev–Trinajstić information content (AvgIpc) is 2.83. The van der Waals surface area contributed by atoms with Gasteiger partial charge in [-0.2, -0.15) is 0 Å². The molecule has 2 aromatic carbocycles. The van der Waals surface area contributed by atoms with Gasteiger partial charge in [-0.15, -0.1) is 0 Å². The van der Waals surface area contributed by atoms with Crippen LogP contribution in [0, 0.1) is 0 Å². The van der Waals surface area contributed by atoms with E-state index in [1.54, 1.807) is 0 Å². The molecule has 0 atom stereocenters. The Morgan fingerprint density at radius 1 is 0.938 bits per heavy atom. The van der Waals surface area contributed by atoms with Gasteiger partial charge in [0.15, 0.2) is 5.96 Å². The Morgan fingerprint density at radius 3 is 2.31 bits per heavy atom. The van der Waals surface area contributed by atoms with Crippen LogP contribution >= 0.6 is 0 Å². The zero-order chi connectivity index (χ0) is 22.6. The number of morpholine rings is 1. The first-order chi connectivity index (χ1) is 15.7. The smallest absolute Gasteiger partial charge is 0.251 e. The number of nitrogens with one attached hydrogen (secondary N) is 3. The molecule has 1 aliphatic rings. The summed E-state index contributed by atoms with van der Waals surface area (Å²) in [5, 5.41) is 9.60. The molecule has 172 valence electrons. The molecule has 7 nitrogen and oxygen atoms in total. The zero-order valence-electron chi connectivity index (χ0n) is 19.2. The van der Waals surface area contributed by atoms with Crippen LogP contribution < -0.4 is 16.0 Å². The van der Waals surface area contributed by atoms with E-state index in [4.69, 9.17) is 9.73 Å². The molecule has 32 heavy (non-hydrogen) atoms. The maximum atomic E-state index is 11.9. The van der Waals surface area contributed by atoms with E-state index in [1.165, 1.54) is 11.1 Å². The molecule has 3 N–H and O–H groups in total. The summed E-state index contributed by atoms with van der Waals surface area (Å²) in [5.74, 6) is 0.731. The molecule has 0 aliphatic carbocycles. The van der Waals surface area contributed by atoms with Crippen LogP contribution in [0.3, 0.4) is 0 Å². The quantitative estimate of drug-likeness (QED) is 0.415. The first kappa shape index (κ1) is 23.8. The van der Waals surface area contributed by atoms with Gasteiger partial charge in [-0.25, -0.2) is 4.99 Å². The summed E-state index contributed by atoms with van der Waals surface area (Å²) >= 11 is 0. The fourth-order valence-electron chi connectivity index (χ4n) is 3.60. The molecule has 1 amide bonds. The predicted octanol–water partition coefficient (Wildman–Crippen LogP) is 2.52. The summed E-state index contributed by atoms with van der Waals surface area (Å²) < 4.78 is 5.47. The van der Waals surface area contributed by atoms with E-state index in [1.807, 2.05) is 31.2 Å². The fourth-order valence-corrected chi connectivity index (χ4v) is 3.60. The summed E-state index contributed by atoms with van der Waals surface area (Å²) in [7, 11) is 0. The molecule has 1 saturated heterocycles. The van der Waals surface area contributed by atoms with Gasteiger partial charge >= 0.3 is 0 Å². The highest BCUT2D eigenvalue weighted by Gasteiger charge is 2.13. The first-order valence-electron chi connectivity index (χ1n) is 11.5. The maximum absolute atomic E-state index is 11.9. The third-order valence-corrected chi connectivity index (χ3v) is 5.38. The SMILES string of the molecule is CCNC(=O)c1ccc(CN=C(NCC)NCc2ccccc2CN2CCOCC2)cc1. The van der Waals surface area contributed by atoms with E-state index >= 15 is 0 Å². The number of carbonyl (C=O) groups is 1. The van der Waals surface area contributed by atoms with Gasteiger partial charge < -0.3 is 20.7 Å². The molecule has 0 unspecified atom stereocenters. The highest BCUT2D eigenvalue weighted by Crippen LogP contribution is 2.13. The fraction of sp³-hybridized carbons (Fsp3) is 0.440. The van der Waals surface area contributed by atoms with E-state index in [2.05, 4.69) is 52.0 Å². The molecular formula is C25H35N5O2. The van der Waals surface area contributed by atoms with E-state index < -0.39 is 0 Å². The Balaban J connectivity index is 1.59. The minimum atomic E-state index is -0.0479. The Labute approximate surface area is 191 Å². The van der Waals surface area contributed by atoms with Crippen LogP contribution in [0.1, 0.15) is 40.9 Å². The molecular weight excluding hydrogens is 402 g/mol. The van der Waals surface area contributed by atoms with Gasteiger partial charge in [0, 0.05) is 44.8 Å². The van der Waals surface area contributed by atoms with Gasteiger partial charge in [0.2, 0.25) is 0 Å². The molecule has 0 radical (unpaired) electrons. The average molecular weight is 438 g/mol. The second-order valence-electron chi connectivity index (χ2n) is 7.76. The summed E-state index contributed by atoms with van der Waals surface area (Å²) in [5.41, 5.74) is 4.33. The molecule has 0 spiro atoms. The van der Waals surface area contributed by atoms with Crippen LogP contribution in [0.25, 0.3) is 0 Å². The van der Waals surface area contributed by atoms with Crippen molar-refractivity contribution < 1.29 is 9.53 Å². The van der Waals surface area contributed by atoms with Gasteiger partial charge in [0.25, 0.3) is 5.91 Å². The largest absolute Gasteiger partial charge is 0.379 e. The third kappa shape index (κ3) is 7.35. The number of nitrogens with zero attached hydrogens (tertiary/aromatic N) is 2. The van der Waals surface area contributed by atoms with Gasteiger partial charge in [0.05, 0.1) is 19.8 Å². The van der Waals surface area contributed by atoms with Gasteiger partial charge in [0.1, 0.15) is 0 Å². The second-order valence-corrected chi connectivity index (χ2v) is 7.76. The van der Waals surface area contributed by atoms with Crippen molar-refractivity contribution in [2.45, 2.75) is 33.5 Å².